The molecule has 2 heteroatoms. The van der Waals surface area contributed by atoms with E-state index in [2.05, 4.69) is 24.3 Å². The summed E-state index contributed by atoms with van der Waals surface area (Å²) < 4.78 is 5.17. The van der Waals surface area contributed by atoms with E-state index in [4.69, 9.17) is 16.3 Å². The Bertz CT molecular complexity index is 362. The van der Waals surface area contributed by atoms with Crippen LogP contribution in [0.15, 0.2) is 24.3 Å². The highest BCUT2D eigenvalue weighted by Gasteiger charge is 2.67. The van der Waals surface area contributed by atoms with Crippen molar-refractivity contribution < 1.29 is 4.74 Å². The zero-order valence-electron chi connectivity index (χ0n) is 8.92. The van der Waals surface area contributed by atoms with Gasteiger partial charge in [0.2, 0.25) is 0 Å². The second kappa shape index (κ2) is 2.91. The zero-order chi connectivity index (χ0) is 10.5. The van der Waals surface area contributed by atoms with Gasteiger partial charge in [0.1, 0.15) is 5.75 Å². The highest BCUT2D eigenvalue weighted by Crippen LogP contribution is 2.73. The van der Waals surface area contributed by atoms with Crippen molar-refractivity contribution >= 4 is 11.6 Å². The molecule has 0 aromatic heterocycles. The molecule has 0 amide bonds. The summed E-state index contributed by atoms with van der Waals surface area (Å²) in [6.45, 7) is 0. The first kappa shape index (κ1) is 9.53. The topological polar surface area (TPSA) is 9.23 Å². The van der Waals surface area contributed by atoms with E-state index < -0.39 is 0 Å². The van der Waals surface area contributed by atoms with Crippen LogP contribution < -0.4 is 4.74 Å². The van der Waals surface area contributed by atoms with Gasteiger partial charge in [-0.05, 0) is 47.8 Å². The molecular weight excluding hydrogens is 208 g/mol. The van der Waals surface area contributed by atoms with E-state index in [0.717, 1.165) is 11.6 Å². The van der Waals surface area contributed by atoms with Crippen molar-refractivity contribution in [2.24, 2.45) is 5.41 Å². The summed E-state index contributed by atoms with van der Waals surface area (Å²) in [6, 6.07) is 8.53. The maximum absolute atomic E-state index is 5.96. The van der Waals surface area contributed by atoms with Crippen LogP contribution in [0.25, 0.3) is 0 Å². The van der Waals surface area contributed by atoms with Crippen LogP contribution in [0.5, 0.6) is 5.75 Å². The van der Waals surface area contributed by atoms with Gasteiger partial charge in [-0.3, -0.25) is 0 Å². The molecule has 0 heterocycles. The summed E-state index contributed by atoms with van der Waals surface area (Å²) in [6.07, 6.45) is 3.86. The normalized spacial score (nSPS) is 36.7. The molecule has 3 fully saturated rings. The Kier molecular flexibility index (Phi) is 1.85. The summed E-state index contributed by atoms with van der Waals surface area (Å²) in [5, 5.41) is 0. The minimum absolute atomic E-state index is 0.473. The average Bonchev–Trinajstić information content (AvgIpc) is 2.16. The van der Waals surface area contributed by atoms with Crippen molar-refractivity contribution in [3.05, 3.63) is 29.8 Å². The van der Waals surface area contributed by atoms with Gasteiger partial charge in [0.15, 0.2) is 0 Å². The summed E-state index contributed by atoms with van der Waals surface area (Å²) in [4.78, 5) is 0. The molecule has 0 spiro atoms. The summed E-state index contributed by atoms with van der Waals surface area (Å²) in [5.74, 6) is 1.78. The van der Waals surface area contributed by atoms with Crippen LogP contribution in [0.2, 0.25) is 0 Å². The molecular formula is C13H15ClO. The minimum atomic E-state index is 0.473. The third-order valence-electron chi connectivity index (χ3n) is 4.13. The first-order valence-corrected chi connectivity index (χ1v) is 5.96. The molecule has 0 N–H and O–H groups in total. The van der Waals surface area contributed by atoms with Gasteiger partial charge >= 0.3 is 0 Å². The fourth-order valence-corrected chi connectivity index (χ4v) is 3.67. The molecule has 1 aromatic rings. The molecule has 3 aliphatic rings. The van der Waals surface area contributed by atoms with E-state index in [1.54, 1.807) is 7.11 Å². The summed E-state index contributed by atoms with van der Waals surface area (Å²) in [7, 11) is 1.71. The van der Waals surface area contributed by atoms with Crippen LogP contribution in [0.1, 0.15) is 24.8 Å². The van der Waals surface area contributed by atoms with E-state index in [-0.39, 0.29) is 0 Å². The second-order valence-electron chi connectivity index (χ2n) is 5.17. The molecule has 80 valence electrons. The van der Waals surface area contributed by atoms with E-state index in [1.807, 2.05) is 0 Å². The van der Waals surface area contributed by atoms with E-state index in [0.29, 0.717) is 10.8 Å². The van der Waals surface area contributed by atoms with Gasteiger partial charge in [0.05, 0.1) is 7.11 Å². The molecule has 2 bridgehead atoms. The molecule has 0 unspecified atom stereocenters. The van der Waals surface area contributed by atoms with Gasteiger partial charge in [-0.1, -0.05) is 12.1 Å². The van der Waals surface area contributed by atoms with Gasteiger partial charge in [-0.2, -0.15) is 0 Å². The number of methoxy groups -OCH3 is 1. The highest BCUT2D eigenvalue weighted by molar-refractivity contribution is 6.18. The molecule has 1 nitrogen and oxygen atoms in total. The van der Waals surface area contributed by atoms with E-state index in [9.17, 15) is 0 Å². The van der Waals surface area contributed by atoms with Crippen LogP contribution in [0, 0.1) is 5.41 Å². The van der Waals surface area contributed by atoms with E-state index in [1.165, 1.54) is 24.8 Å². The first-order valence-electron chi connectivity index (χ1n) is 5.43. The van der Waals surface area contributed by atoms with Crippen molar-refractivity contribution in [1.82, 2.24) is 0 Å². The largest absolute Gasteiger partial charge is 0.497 e. The molecule has 0 saturated heterocycles. The quantitative estimate of drug-likeness (QED) is 0.713. The number of halogens is 1. The number of hydrogen-bond acceptors (Lipinski definition) is 1. The standard InChI is InChI=1S/C13H15ClO/c1-15-11-4-2-10(3-5-11)13-6-12(7-13,8-13)9-14/h2-5H,6-9H2,1H3. The van der Waals surface area contributed by atoms with Crippen LogP contribution in [0.3, 0.4) is 0 Å². The number of alkyl halides is 1. The van der Waals surface area contributed by atoms with Crippen LogP contribution in [-0.4, -0.2) is 13.0 Å². The summed E-state index contributed by atoms with van der Waals surface area (Å²) >= 11 is 5.96. The van der Waals surface area contributed by atoms with Gasteiger partial charge < -0.3 is 4.74 Å². The molecule has 0 aliphatic heterocycles. The second-order valence-corrected chi connectivity index (χ2v) is 5.44. The third kappa shape index (κ3) is 1.16. The SMILES string of the molecule is COc1ccc(C23CC(CCl)(C2)C3)cc1. The van der Waals surface area contributed by atoms with Gasteiger partial charge in [0, 0.05) is 5.88 Å². The number of rotatable bonds is 3. The predicted octanol–water partition coefficient (Wildman–Crippen LogP) is 3.36. The van der Waals surface area contributed by atoms with Crippen LogP contribution in [-0.2, 0) is 5.41 Å². The van der Waals surface area contributed by atoms with Crippen LogP contribution >= 0.6 is 11.6 Å². The Morgan fingerprint density at radius 1 is 1.20 bits per heavy atom. The average molecular weight is 223 g/mol. The summed E-state index contributed by atoms with van der Waals surface area (Å²) in [5.41, 5.74) is 2.44. The Morgan fingerprint density at radius 2 is 1.80 bits per heavy atom. The molecule has 3 saturated carbocycles. The van der Waals surface area contributed by atoms with Gasteiger partial charge in [-0.25, -0.2) is 0 Å². The van der Waals surface area contributed by atoms with Crippen LogP contribution in [0.4, 0.5) is 0 Å². The lowest BCUT2D eigenvalue weighted by Crippen LogP contribution is -2.65. The van der Waals surface area contributed by atoms with Crippen molar-refractivity contribution in [1.29, 1.82) is 0 Å². The third-order valence-corrected chi connectivity index (χ3v) is 4.69. The zero-order valence-corrected chi connectivity index (χ0v) is 9.68. The Balaban J connectivity index is 1.79. The van der Waals surface area contributed by atoms with Gasteiger partial charge in [0.25, 0.3) is 0 Å². The van der Waals surface area contributed by atoms with Gasteiger partial charge in [-0.15, -0.1) is 11.6 Å². The lowest BCUT2D eigenvalue weighted by Gasteiger charge is -2.71. The monoisotopic (exact) mass is 222 g/mol. The maximum atomic E-state index is 5.96. The Hall–Kier alpha value is -0.690. The lowest BCUT2D eigenvalue weighted by molar-refractivity contribution is -0.122. The number of hydrogen-bond donors (Lipinski definition) is 0. The first-order chi connectivity index (χ1) is 7.22. The molecule has 1 aromatic carbocycles. The fraction of sp³-hybridized carbons (Fsp3) is 0.538. The fourth-order valence-electron chi connectivity index (χ4n) is 3.39. The minimum Gasteiger partial charge on any atom is -0.497 e. The van der Waals surface area contributed by atoms with E-state index >= 15 is 0 Å². The molecule has 0 atom stereocenters. The molecule has 3 aliphatic carbocycles. The number of ether oxygens (including phenoxy) is 1. The highest BCUT2D eigenvalue weighted by atomic mass is 35.5. The van der Waals surface area contributed by atoms with Crippen molar-refractivity contribution in [3.63, 3.8) is 0 Å². The molecule has 4 rings (SSSR count). The van der Waals surface area contributed by atoms with Crippen molar-refractivity contribution in [3.8, 4) is 5.75 Å². The van der Waals surface area contributed by atoms with Crippen molar-refractivity contribution in [2.45, 2.75) is 24.7 Å². The predicted molar refractivity (Wildman–Crippen MR) is 61.7 cm³/mol. The lowest BCUT2D eigenvalue weighted by atomic mass is 9.34. The smallest absolute Gasteiger partial charge is 0.118 e. The number of benzene rings is 1. The molecule has 0 radical (unpaired) electrons. The molecule has 15 heavy (non-hydrogen) atoms. The Labute approximate surface area is 95.4 Å². The maximum Gasteiger partial charge on any atom is 0.118 e. The van der Waals surface area contributed by atoms with Crippen molar-refractivity contribution in [2.75, 3.05) is 13.0 Å². The Morgan fingerprint density at radius 3 is 2.27 bits per heavy atom.